The van der Waals surface area contributed by atoms with Crippen LogP contribution in [-0.2, 0) is 13.0 Å². The van der Waals surface area contributed by atoms with E-state index in [1.54, 1.807) is 18.3 Å². The van der Waals surface area contributed by atoms with Gasteiger partial charge in [0.05, 0.1) is 24.6 Å². The highest BCUT2D eigenvalue weighted by atomic mass is 16.5. The van der Waals surface area contributed by atoms with Gasteiger partial charge in [-0.05, 0) is 36.9 Å². The van der Waals surface area contributed by atoms with E-state index in [2.05, 4.69) is 22.2 Å². The zero-order valence-electron chi connectivity index (χ0n) is 13.7. The molecule has 0 saturated heterocycles. The molecule has 1 aliphatic heterocycles. The molecule has 1 aromatic carbocycles. The minimum Gasteiger partial charge on any atom is -0.495 e. The van der Waals surface area contributed by atoms with Gasteiger partial charge in [-0.1, -0.05) is 0 Å². The molecule has 24 heavy (non-hydrogen) atoms. The summed E-state index contributed by atoms with van der Waals surface area (Å²) in [5.74, 6) is 0.174. The molecule has 1 aliphatic rings. The highest BCUT2D eigenvalue weighted by Gasteiger charge is 2.16. The van der Waals surface area contributed by atoms with Crippen LogP contribution in [0.4, 0.5) is 5.69 Å². The number of carbonyl (C=O) groups excluding carboxylic acids is 1. The van der Waals surface area contributed by atoms with Gasteiger partial charge < -0.3 is 15.0 Å². The second-order valence-corrected chi connectivity index (χ2v) is 5.80. The lowest BCUT2D eigenvalue weighted by Gasteiger charge is -2.24. The Balaban J connectivity index is 1.80. The van der Waals surface area contributed by atoms with Crippen LogP contribution in [0.15, 0.2) is 30.5 Å². The lowest BCUT2D eigenvalue weighted by atomic mass is 10.1. The van der Waals surface area contributed by atoms with E-state index in [4.69, 9.17) is 10.00 Å². The summed E-state index contributed by atoms with van der Waals surface area (Å²) in [6, 6.07) is 8.77. The first-order valence-corrected chi connectivity index (χ1v) is 7.66. The van der Waals surface area contributed by atoms with Crippen LogP contribution in [0.25, 0.3) is 0 Å². The van der Waals surface area contributed by atoms with Crippen LogP contribution >= 0.6 is 0 Å². The molecule has 3 rings (SSSR count). The normalized spacial score (nSPS) is 13.7. The minimum atomic E-state index is -0.278. The number of hydrogen-bond acceptors (Lipinski definition) is 5. The van der Waals surface area contributed by atoms with Crippen molar-refractivity contribution >= 4 is 11.6 Å². The number of anilines is 1. The molecule has 1 N–H and O–H groups in total. The van der Waals surface area contributed by atoms with Crippen molar-refractivity contribution in [3.63, 3.8) is 0 Å². The van der Waals surface area contributed by atoms with Crippen LogP contribution in [-0.4, -0.2) is 36.5 Å². The number of rotatable bonds is 3. The number of aromatic nitrogens is 1. The molecule has 0 unspecified atom stereocenters. The number of nitrogens with one attached hydrogen (secondary N) is 1. The molecular formula is C18H18N4O2. The number of carbonyl (C=O) groups is 1. The van der Waals surface area contributed by atoms with Gasteiger partial charge in [0.2, 0.25) is 0 Å². The van der Waals surface area contributed by atoms with Gasteiger partial charge in [-0.3, -0.25) is 9.78 Å². The Morgan fingerprint density at radius 2 is 2.25 bits per heavy atom. The van der Waals surface area contributed by atoms with Gasteiger partial charge in [0, 0.05) is 30.8 Å². The lowest BCUT2D eigenvalue weighted by Crippen LogP contribution is -2.27. The quantitative estimate of drug-likeness (QED) is 0.937. The summed E-state index contributed by atoms with van der Waals surface area (Å²) >= 11 is 0. The lowest BCUT2D eigenvalue weighted by molar-refractivity contribution is 0.102. The fraction of sp³-hybridized carbons (Fsp3) is 0.278. The number of hydrogen-bond donors (Lipinski definition) is 1. The first-order chi connectivity index (χ1) is 11.6. The van der Waals surface area contributed by atoms with E-state index in [1.165, 1.54) is 13.2 Å². The number of fused-ring (bicyclic) bond motifs is 1. The number of methoxy groups -OCH3 is 1. The fourth-order valence-corrected chi connectivity index (χ4v) is 2.78. The van der Waals surface area contributed by atoms with E-state index < -0.39 is 0 Å². The monoisotopic (exact) mass is 322 g/mol. The second-order valence-electron chi connectivity index (χ2n) is 5.80. The molecule has 0 aliphatic carbocycles. The predicted molar refractivity (Wildman–Crippen MR) is 89.9 cm³/mol. The van der Waals surface area contributed by atoms with E-state index in [0.29, 0.717) is 22.6 Å². The van der Waals surface area contributed by atoms with Crippen molar-refractivity contribution in [3.8, 4) is 11.8 Å². The molecule has 122 valence electrons. The molecule has 2 aromatic rings. The van der Waals surface area contributed by atoms with Crippen LogP contribution in [0.1, 0.15) is 27.2 Å². The molecule has 0 bridgehead atoms. The van der Waals surface area contributed by atoms with Crippen molar-refractivity contribution in [2.45, 2.75) is 13.0 Å². The summed E-state index contributed by atoms with van der Waals surface area (Å²) in [4.78, 5) is 19.1. The van der Waals surface area contributed by atoms with Gasteiger partial charge in [0.15, 0.2) is 0 Å². The molecule has 0 spiro atoms. The van der Waals surface area contributed by atoms with Gasteiger partial charge >= 0.3 is 0 Å². The molecular weight excluding hydrogens is 304 g/mol. The van der Waals surface area contributed by atoms with E-state index in [9.17, 15) is 4.79 Å². The molecule has 6 nitrogen and oxygen atoms in total. The minimum absolute atomic E-state index is 0.278. The highest BCUT2D eigenvalue weighted by Crippen LogP contribution is 2.22. The fourth-order valence-electron chi connectivity index (χ4n) is 2.78. The Labute approximate surface area is 140 Å². The molecule has 0 radical (unpaired) electrons. The third-order valence-corrected chi connectivity index (χ3v) is 4.07. The Morgan fingerprint density at radius 1 is 1.42 bits per heavy atom. The summed E-state index contributed by atoms with van der Waals surface area (Å²) in [6.07, 6.45) is 2.60. The zero-order chi connectivity index (χ0) is 17.1. The van der Waals surface area contributed by atoms with Gasteiger partial charge in [0.1, 0.15) is 11.8 Å². The van der Waals surface area contributed by atoms with Crippen molar-refractivity contribution in [2.75, 3.05) is 26.0 Å². The second kappa shape index (κ2) is 6.69. The smallest absolute Gasteiger partial charge is 0.255 e. The molecule has 0 fully saturated rings. The predicted octanol–water partition coefficient (Wildman–Crippen LogP) is 2.20. The van der Waals surface area contributed by atoms with Crippen LogP contribution in [0.2, 0.25) is 0 Å². The first-order valence-electron chi connectivity index (χ1n) is 7.66. The summed E-state index contributed by atoms with van der Waals surface area (Å²) in [6.45, 7) is 1.82. The average molecular weight is 322 g/mol. The summed E-state index contributed by atoms with van der Waals surface area (Å²) in [5, 5.41) is 12.0. The average Bonchev–Trinajstić information content (AvgIpc) is 2.60. The number of nitriles is 1. The van der Waals surface area contributed by atoms with Crippen molar-refractivity contribution in [3.05, 3.63) is 52.8 Å². The number of pyridine rings is 1. The summed E-state index contributed by atoms with van der Waals surface area (Å²) in [5.41, 5.74) is 3.61. The molecule has 0 saturated carbocycles. The number of likely N-dealkylation sites (N-methyl/N-ethyl adjacent to an activating group) is 1. The highest BCUT2D eigenvalue weighted by molar-refractivity contribution is 6.04. The maximum absolute atomic E-state index is 12.4. The van der Waals surface area contributed by atoms with E-state index in [1.807, 2.05) is 12.1 Å². The Hall–Kier alpha value is -2.91. The van der Waals surface area contributed by atoms with Crippen LogP contribution in [0.5, 0.6) is 5.75 Å². The van der Waals surface area contributed by atoms with Crippen molar-refractivity contribution in [1.82, 2.24) is 9.88 Å². The SMILES string of the molecule is COc1ccc(C(=O)Nc2cnc3c(c2)CN(C)CC3)cc1C#N. The first kappa shape index (κ1) is 16.0. The zero-order valence-corrected chi connectivity index (χ0v) is 13.7. The Morgan fingerprint density at radius 3 is 3.00 bits per heavy atom. The van der Waals surface area contributed by atoms with Gasteiger partial charge in [-0.2, -0.15) is 5.26 Å². The van der Waals surface area contributed by atoms with Crippen molar-refractivity contribution in [2.24, 2.45) is 0 Å². The number of ether oxygens (including phenoxy) is 1. The number of nitrogens with zero attached hydrogens (tertiary/aromatic N) is 3. The van der Waals surface area contributed by atoms with E-state index in [-0.39, 0.29) is 5.91 Å². The van der Waals surface area contributed by atoms with Gasteiger partial charge in [-0.15, -0.1) is 0 Å². The number of amides is 1. The Kier molecular flexibility index (Phi) is 4.45. The molecule has 1 aromatic heterocycles. The van der Waals surface area contributed by atoms with Crippen molar-refractivity contribution in [1.29, 1.82) is 5.26 Å². The third-order valence-electron chi connectivity index (χ3n) is 4.07. The van der Waals surface area contributed by atoms with Gasteiger partial charge in [0.25, 0.3) is 5.91 Å². The van der Waals surface area contributed by atoms with Crippen LogP contribution in [0, 0.1) is 11.3 Å². The molecule has 2 heterocycles. The standard InChI is InChI=1S/C18H18N4O2/c1-22-6-5-16-14(11-22)8-15(10-20-16)21-18(23)12-3-4-17(24-2)13(7-12)9-19/h3-4,7-8,10H,5-6,11H2,1-2H3,(H,21,23). The molecule has 0 atom stereocenters. The van der Waals surface area contributed by atoms with E-state index >= 15 is 0 Å². The topological polar surface area (TPSA) is 78.2 Å². The summed E-state index contributed by atoms with van der Waals surface area (Å²) in [7, 11) is 3.56. The molecule has 1 amide bonds. The third kappa shape index (κ3) is 3.21. The molecule has 6 heteroatoms. The maximum atomic E-state index is 12.4. The maximum Gasteiger partial charge on any atom is 0.255 e. The van der Waals surface area contributed by atoms with Crippen LogP contribution in [0.3, 0.4) is 0 Å². The van der Waals surface area contributed by atoms with Crippen LogP contribution < -0.4 is 10.1 Å². The Bertz CT molecular complexity index is 826. The number of benzene rings is 1. The largest absolute Gasteiger partial charge is 0.495 e. The van der Waals surface area contributed by atoms with Crippen molar-refractivity contribution < 1.29 is 9.53 Å². The summed E-state index contributed by atoms with van der Waals surface area (Å²) < 4.78 is 5.09. The van der Waals surface area contributed by atoms with Gasteiger partial charge in [-0.25, -0.2) is 0 Å². The van der Waals surface area contributed by atoms with E-state index in [0.717, 1.165) is 30.8 Å².